The molecule has 0 spiro atoms. The first-order valence-electron chi connectivity index (χ1n) is 4.01. The largest absolute Gasteiger partial charge is 0.322 e. The van der Waals surface area contributed by atoms with Crippen molar-refractivity contribution in [2.75, 3.05) is 0 Å². The molecule has 14 heavy (non-hydrogen) atoms. The van der Waals surface area contributed by atoms with Gasteiger partial charge in [0.2, 0.25) is 5.56 Å². The summed E-state index contributed by atoms with van der Waals surface area (Å²) in [5, 5.41) is 9.90. The first kappa shape index (κ1) is 9.21. The Morgan fingerprint density at radius 2 is 2.14 bits per heavy atom. The number of pyridine rings is 1. The molecule has 5 heteroatoms. The Kier molecular flexibility index (Phi) is 2.25. The van der Waals surface area contributed by atoms with E-state index in [1.54, 1.807) is 18.2 Å². The molecule has 0 saturated carbocycles. The molecule has 0 aliphatic heterocycles. The highest BCUT2D eigenvalue weighted by Crippen LogP contribution is 2.21. The Bertz CT molecular complexity index is 536. The predicted molar refractivity (Wildman–Crippen MR) is 53.0 cm³/mol. The van der Waals surface area contributed by atoms with E-state index in [0.717, 1.165) is 5.48 Å². The Morgan fingerprint density at radius 3 is 2.86 bits per heavy atom. The average molecular weight is 212 g/mol. The van der Waals surface area contributed by atoms with Crippen LogP contribution in [-0.4, -0.2) is 10.2 Å². The second-order valence-corrected chi connectivity index (χ2v) is 3.32. The van der Waals surface area contributed by atoms with Crippen LogP contribution in [0.1, 0.15) is 0 Å². The van der Waals surface area contributed by atoms with Crippen LogP contribution in [0.4, 0.5) is 5.69 Å². The standard InChI is InChI=1S/C9H7ClN2O2/c10-7-4-9(13)11-8-2-1-5(12-14)3-6(7)8/h1-4,12,14H,(H,11,13)/p+1. The lowest BCUT2D eigenvalue weighted by atomic mass is 10.2. The van der Waals surface area contributed by atoms with Crippen LogP contribution in [0.15, 0.2) is 29.1 Å². The van der Waals surface area contributed by atoms with Gasteiger partial charge in [-0.1, -0.05) is 11.6 Å². The van der Waals surface area contributed by atoms with Crippen molar-refractivity contribution >= 4 is 28.2 Å². The summed E-state index contributed by atoms with van der Waals surface area (Å²) in [5.74, 6) is 0. The third-order valence-corrected chi connectivity index (χ3v) is 2.28. The normalized spacial score (nSPS) is 10.7. The number of fused-ring (bicyclic) bond motifs is 1. The lowest BCUT2D eigenvalue weighted by Gasteiger charge is -2.00. The number of quaternary nitrogens is 1. The number of rotatable bonds is 1. The predicted octanol–water partition coefficient (Wildman–Crippen LogP) is 0.766. The van der Waals surface area contributed by atoms with Gasteiger partial charge in [0.15, 0.2) is 5.69 Å². The summed E-state index contributed by atoms with van der Waals surface area (Å²) in [6.45, 7) is 0. The number of aromatic nitrogens is 1. The lowest BCUT2D eigenvalue weighted by molar-refractivity contribution is -0.825. The summed E-state index contributed by atoms with van der Waals surface area (Å²) in [7, 11) is 0. The summed E-state index contributed by atoms with van der Waals surface area (Å²) in [4.78, 5) is 13.7. The van der Waals surface area contributed by atoms with Crippen LogP contribution in [0.2, 0.25) is 5.02 Å². The quantitative estimate of drug-likeness (QED) is 0.482. The van der Waals surface area contributed by atoms with Gasteiger partial charge in [-0.2, -0.15) is 5.48 Å². The van der Waals surface area contributed by atoms with E-state index in [2.05, 4.69) is 4.98 Å². The van der Waals surface area contributed by atoms with Gasteiger partial charge in [-0.15, -0.1) is 0 Å². The molecule has 0 atom stereocenters. The highest BCUT2D eigenvalue weighted by atomic mass is 35.5. The molecule has 0 aliphatic rings. The maximum atomic E-state index is 11.1. The molecule has 0 saturated heterocycles. The molecule has 2 rings (SSSR count). The van der Waals surface area contributed by atoms with Gasteiger partial charge in [0.25, 0.3) is 0 Å². The van der Waals surface area contributed by atoms with Crippen LogP contribution in [0, 0.1) is 0 Å². The summed E-state index contributed by atoms with van der Waals surface area (Å²) in [5.41, 5.74) is 2.06. The summed E-state index contributed by atoms with van der Waals surface area (Å²) in [6, 6.07) is 6.40. The summed E-state index contributed by atoms with van der Waals surface area (Å²) >= 11 is 5.88. The van der Waals surface area contributed by atoms with Crippen molar-refractivity contribution < 1.29 is 10.7 Å². The van der Waals surface area contributed by atoms with Crippen molar-refractivity contribution in [2.24, 2.45) is 0 Å². The number of hydrogen-bond donors (Lipinski definition) is 3. The zero-order valence-electron chi connectivity index (χ0n) is 7.12. The minimum Gasteiger partial charge on any atom is -0.322 e. The van der Waals surface area contributed by atoms with Crippen LogP contribution in [0.25, 0.3) is 10.9 Å². The minimum atomic E-state index is -0.233. The first-order valence-corrected chi connectivity index (χ1v) is 4.38. The van der Waals surface area contributed by atoms with Crippen LogP contribution in [0.3, 0.4) is 0 Å². The van der Waals surface area contributed by atoms with Gasteiger partial charge in [0, 0.05) is 23.6 Å². The summed E-state index contributed by atoms with van der Waals surface area (Å²) in [6.07, 6.45) is 0. The maximum absolute atomic E-state index is 11.1. The van der Waals surface area contributed by atoms with Gasteiger partial charge in [-0.3, -0.25) is 4.79 Å². The fourth-order valence-electron chi connectivity index (χ4n) is 1.31. The Hall–Kier alpha value is -1.36. The van der Waals surface area contributed by atoms with E-state index in [1.165, 1.54) is 6.07 Å². The Morgan fingerprint density at radius 1 is 1.36 bits per heavy atom. The number of aromatic amines is 1. The van der Waals surface area contributed by atoms with Gasteiger partial charge >= 0.3 is 0 Å². The van der Waals surface area contributed by atoms with Gasteiger partial charge in [-0.05, 0) is 6.07 Å². The molecule has 72 valence electrons. The number of H-pyrrole nitrogens is 1. The van der Waals surface area contributed by atoms with Crippen LogP contribution >= 0.6 is 11.6 Å². The number of nitrogens with one attached hydrogen (secondary N) is 1. The van der Waals surface area contributed by atoms with Crippen LogP contribution in [0.5, 0.6) is 0 Å². The van der Waals surface area contributed by atoms with E-state index in [0.29, 0.717) is 21.6 Å². The molecule has 0 aliphatic carbocycles. The molecule has 0 radical (unpaired) electrons. The zero-order valence-corrected chi connectivity index (χ0v) is 7.88. The minimum absolute atomic E-state index is 0.233. The highest BCUT2D eigenvalue weighted by molar-refractivity contribution is 6.35. The molecular formula is C9H8ClN2O2+. The van der Waals surface area contributed by atoms with E-state index in [9.17, 15) is 4.79 Å². The molecule has 1 heterocycles. The van der Waals surface area contributed by atoms with E-state index < -0.39 is 0 Å². The molecule has 0 bridgehead atoms. The van der Waals surface area contributed by atoms with Crippen molar-refractivity contribution in [3.63, 3.8) is 0 Å². The topological polar surface area (TPSA) is 69.7 Å². The Balaban J connectivity index is 2.82. The van der Waals surface area contributed by atoms with E-state index in [1.807, 2.05) is 0 Å². The molecule has 1 aromatic carbocycles. The monoisotopic (exact) mass is 211 g/mol. The molecule has 4 N–H and O–H groups in total. The SMILES string of the molecule is O=c1cc(Cl)c2cc([NH2+]O)ccc2[nH]1. The molecule has 2 aromatic rings. The molecule has 0 fully saturated rings. The fourth-order valence-corrected chi connectivity index (χ4v) is 1.57. The van der Waals surface area contributed by atoms with Crippen LogP contribution in [-0.2, 0) is 0 Å². The van der Waals surface area contributed by atoms with E-state index in [-0.39, 0.29) is 5.56 Å². The van der Waals surface area contributed by atoms with Crippen molar-refractivity contribution in [1.29, 1.82) is 0 Å². The van der Waals surface area contributed by atoms with E-state index in [4.69, 9.17) is 16.8 Å². The zero-order chi connectivity index (χ0) is 10.1. The average Bonchev–Trinajstić information content (AvgIpc) is 2.17. The third-order valence-electron chi connectivity index (χ3n) is 1.97. The van der Waals surface area contributed by atoms with Gasteiger partial charge in [-0.25, -0.2) is 5.21 Å². The van der Waals surface area contributed by atoms with Gasteiger partial charge in [0.05, 0.1) is 10.5 Å². The molecule has 0 unspecified atom stereocenters. The van der Waals surface area contributed by atoms with Crippen molar-refractivity contribution in [2.45, 2.75) is 0 Å². The van der Waals surface area contributed by atoms with Crippen molar-refractivity contribution in [3.05, 3.63) is 39.6 Å². The number of hydrogen-bond acceptors (Lipinski definition) is 2. The highest BCUT2D eigenvalue weighted by Gasteiger charge is 2.03. The van der Waals surface area contributed by atoms with Gasteiger partial charge < -0.3 is 4.98 Å². The number of halogens is 1. The second kappa shape index (κ2) is 3.42. The smallest absolute Gasteiger partial charge is 0.249 e. The summed E-state index contributed by atoms with van der Waals surface area (Å²) < 4.78 is 0. The second-order valence-electron chi connectivity index (χ2n) is 2.92. The van der Waals surface area contributed by atoms with Crippen LogP contribution < -0.4 is 11.0 Å². The Labute approximate surface area is 84.1 Å². The fraction of sp³-hybridized carbons (Fsp3) is 0. The lowest BCUT2D eigenvalue weighted by Crippen LogP contribution is -2.73. The van der Waals surface area contributed by atoms with E-state index >= 15 is 0 Å². The van der Waals surface area contributed by atoms with Gasteiger partial charge in [0.1, 0.15) is 0 Å². The molecule has 0 amide bonds. The molecular weight excluding hydrogens is 204 g/mol. The first-order chi connectivity index (χ1) is 6.70. The van der Waals surface area contributed by atoms with Crippen molar-refractivity contribution in [1.82, 2.24) is 4.98 Å². The number of nitrogens with two attached hydrogens (primary N) is 1. The number of benzene rings is 1. The third kappa shape index (κ3) is 1.50. The van der Waals surface area contributed by atoms with Crippen molar-refractivity contribution in [3.8, 4) is 0 Å². The maximum Gasteiger partial charge on any atom is 0.249 e. The molecule has 1 aromatic heterocycles. The molecule has 4 nitrogen and oxygen atoms in total.